The number of aryl methyl sites for hydroxylation is 1. The standard InChI is InChI=1S/C20H24N2O4/c1-14-2-4-17(5-3-14)26-18-8-6-16(7-9-18)25-13-20(24)22-11-15-10-21-12-19(15)23/h2-9,15,19,21,23H,10-13H2,1H3,(H,22,24). The number of β-amino-alcohol motifs (C(OH)–C–C–N with tert-alkyl or cyclic N) is 1. The van der Waals surface area contributed by atoms with Gasteiger partial charge in [-0.3, -0.25) is 4.79 Å². The smallest absolute Gasteiger partial charge is 0.257 e. The number of hydrogen-bond donors (Lipinski definition) is 3. The van der Waals surface area contributed by atoms with Crippen LogP contribution in [-0.2, 0) is 4.79 Å². The normalized spacial score (nSPS) is 19.2. The first-order chi connectivity index (χ1) is 12.6. The number of aliphatic hydroxyl groups excluding tert-OH is 1. The van der Waals surface area contributed by atoms with Gasteiger partial charge in [-0.15, -0.1) is 0 Å². The fourth-order valence-electron chi connectivity index (χ4n) is 2.72. The van der Waals surface area contributed by atoms with E-state index >= 15 is 0 Å². The van der Waals surface area contributed by atoms with Crippen LogP contribution in [0.4, 0.5) is 0 Å². The Morgan fingerprint density at radius 1 is 1.08 bits per heavy atom. The van der Waals surface area contributed by atoms with Crippen LogP contribution in [0.1, 0.15) is 5.56 Å². The Balaban J connectivity index is 1.42. The van der Waals surface area contributed by atoms with E-state index < -0.39 is 6.10 Å². The maximum atomic E-state index is 11.9. The molecule has 2 atom stereocenters. The van der Waals surface area contributed by atoms with Crippen molar-refractivity contribution >= 4 is 5.91 Å². The van der Waals surface area contributed by atoms with Crippen LogP contribution in [-0.4, -0.2) is 43.4 Å². The summed E-state index contributed by atoms with van der Waals surface area (Å²) in [5, 5.41) is 15.6. The highest BCUT2D eigenvalue weighted by molar-refractivity contribution is 5.77. The van der Waals surface area contributed by atoms with E-state index in [4.69, 9.17) is 9.47 Å². The van der Waals surface area contributed by atoms with Crippen LogP contribution < -0.4 is 20.1 Å². The lowest BCUT2D eigenvalue weighted by molar-refractivity contribution is -0.123. The van der Waals surface area contributed by atoms with E-state index in [1.165, 1.54) is 5.56 Å². The molecule has 1 saturated heterocycles. The number of carbonyl (C=O) groups excluding carboxylic acids is 1. The van der Waals surface area contributed by atoms with Gasteiger partial charge in [-0.25, -0.2) is 0 Å². The number of amides is 1. The van der Waals surface area contributed by atoms with Crippen LogP contribution >= 0.6 is 0 Å². The topological polar surface area (TPSA) is 79.8 Å². The van der Waals surface area contributed by atoms with Crippen molar-refractivity contribution in [1.82, 2.24) is 10.6 Å². The first kappa shape index (κ1) is 18.2. The SMILES string of the molecule is Cc1ccc(Oc2ccc(OCC(=O)NCC3CNCC3O)cc2)cc1. The Morgan fingerprint density at radius 3 is 2.31 bits per heavy atom. The number of benzene rings is 2. The van der Waals surface area contributed by atoms with Crippen molar-refractivity contribution in [3.8, 4) is 17.2 Å². The van der Waals surface area contributed by atoms with Crippen molar-refractivity contribution in [3.05, 3.63) is 54.1 Å². The number of rotatable bonds is 7. The zero-order chi connectivity index (χ0) is 18.4. The molecule has 26 heavy (non-hydrogen) atoms. The molecule has 3 N–H and O–H groups in total. The van der Waals surface area contributed by atoms with E-state index in [0.717, 1.165) is 5.75 Å². The summed E-state index contributed by atoms with van der Waals surface area (Å²) in [4.78, 5) is 11.9. The largest absolute Gasteiger partial charge is 0.484 e. The molecule has 0 aliphatic carbocycles. The van der Waals surface area contributed by atoms with Gasteiger partial charge in [0.25, 0.3) is 5.91 Å². The Kier molecular flexibility index (Phi) is 6.09. The van der Waals surface area contributed by atoms with Crippen molar-refractivity contribution in [2.75, 3.05) is 26.2 Å². The number of hydrogen-bond acceptors (Lipinski definition) is 5. The van der Waals surface area contributed by atoms with Gasteiger partial charge in [0.2, 0.25) is 0 Å². The molecule has 0 saturated carbocycles. The highest BCUT2D eigenvalue weighted by atomic mass is 16.5. The Morgan fingerprint density at radius 2 is 1.69 bits per heavy atom. The molecule has 1 heterocycles. The maximum Gasteiger partial charge on any atom is 0.257 e. The molecule has 6 nitrogen and oxygen atoms in total. The Labute approximate surface area is 153 Å². The van der Waals surface area contributed by atoms with Crippen molar-refractivity contribution in [3.63, 3.8) is 0 Å². The molecule has 1 fully saturated rings. The van der Waals surface area contributed by atoms with Gasteiger partial charge in [-0.1, -0.05) is 17.7 Å². The minimum Gasteiger partial charge on any atom is -0.484 e. The second kappa shape index (κ2) is 8.69. The fraction of sp³-hybridized carbons (Fsp3) is 0.350. The molecular weight excluding hydrogens is 332 g/mol. The van der Waals surface area contributed by atoms with Crippen molar-refractivity contribution in [2.45, 2.75) is 13.0 Å². The van der Waals surface area contributed by atoms with E-state index in [-0.39, 0.29) is 18.4 Å². The van der Waals surface area contributed by atoms with Crippen LogP contribution in [0.25, 0.3) is 0 Å². The Hall–Kier alpha value is -2.57. The predicted octanol–water partition coefficient (Wildman–Crippen LogP) is 1.86. The second-order valence-corrected chi connectivity index (χ2v) is 6.46. The van der Waals surface area contributed by atoms with Gasteiger partial charge in [-0.2, -0.15) is 0 Å². The molecule has 1 aliphatic rings. The number of nitrogens with one attached hydrogen (secondary N) is 2. The zero-order valence-corrected chi connectivity index (χ0v) is 14.8. The average molecular weight is 356 g/mol. The molecule has 138 valence electrons. The molecular formula is C20H24N2O4. The van der Waals surface area contributed by atoms with Gasteiger partial charge in [0, 0.05) is 25.6 Å². The van der Waals surface area contributed by atoms with Crippen molar-refractivity contribution in [2.24, 2.45) is 5.92 Å². The van der Waals surface area contributed by atoms with Gasteiger partial charge < -0.3 is 25.2 Å². The van der Waals surface area contributed by atoms with E-state index in [2.05, 4.69) is 10.6 Å². The lowest BCUT2D eigenvalue weighted by Crippen LogP contribution is -2.36. The average Bonchev–Trinajstić information content (AvgIpc) is 3.06. The lowest BCUT2D eigenvalue weighted by atomic mass is 10.1. The molecule has 6 heteroatoms. The molecule has 3 rings (SSSR count). The fourth-order valence-corrected chi connectivity index (χ4v) is 2.72. The first-order valence-electron chi connectivity index (χ1n) is 8.73. The molecule has 2 aromatic rings. The van der Waals surface area contributed by atoms with Gasteiger partial charge in [0.15, 0.2) is 6.61 Å². The van der Waals surface area contributed by atoms with Crippen LogP contribution in [0.2, 0.25) is 0 Å². The van der Waals surface area contributed by atoms with Crippen molar-refractivity contribution in [1.29, 1.82) is 0 Å². The zero-order valence-electron chi connectivity index (χ0n) is 14.8. The van der Waals surface area contributed by atoms with E-state index in [0.29, 0.717) is 31.1 Å². The van der Waals surface area contributed by atoms with Gasteiger partial charge in [-0.05, 0) is 43.3 Å². The maximum absolute atomic E-state index is 11.9. The van der Waals surface area contributed by atoms with Crippen LogP contribution in [0.5, 0.6) is 17.2 Å². The summed E-state index contributed by atoms with van der Waals surface area (Å²) in [5.41, 5.74) is 1.18. The summed E-state index contributed by atoms with van der Waals surface area (Å²) in [6.45, 7) is 3.70. The molecule has 0 bridgehead atoms. The minimum atomic E-state index is -0.405. The van der Waals surface area contributed by atoms with Crippen LogP contribution in [0.3, 0.4) is 0 Å². The quantitative estimate of drug-likeness (QED) is 0.706. The molecule has 2 unspecified atom stereocenters. The molecule has 0 radical (unpaired) electrons. The Bertz CT molecular complexity index is 716. The van der Waals surface area contributed by atoms with Gasteiger partial charge in [0.1, 0.15) is 17.2 Å². The van der Waals surface area contributed by atoms with E-state index in [9.17, 15) is 9.90 Å². The molecule has 1 amide bonds. The van der Waals surface area contributed by atoms with Crippen molar-refractivity contribution < 1.29 is 19.4 Å². The monoisotopic (exact) mass is 356 g/mol. The third-order valence-corrected chi connectivity index (χ3v) is 4.32. The summed E-state index contributed by atoms with van der Waals surface area (Å²) in [6, 6.07) is 14.9. The molecule has 0 aromatic heterocycles. The highest BCUT2D eigenvalue weighted by Gasteiger charge is 2.24. The van der Waals surface area contributed by atoms with Crippen LogP contribution in [0.15, 0.2) is 48.5 Å². The summed E-state index contributed by atoms with van der Waals surface area (Å²) < 4.78 is 11.2. The first-order valence-corrected chi connectivity index (χ1v) is 8.73. The summed E-state index contributed by atoms with van der Waals surface area (Å²) >= 11 is 0. The number of ether oxygens (including phenoxy) is 2. The molecule has 2 aromatic carbocycles. The number of carbonyl (C=O) groups is 1. The third-order valence-electron chi connectivity index (χ3n) is 4.32. The predicted molar refractivity (Wildman–Crippen MR) is 98.6 cm³/mol. The highest BCUT2D eigenvalue weighted by Crippen LogP contribution is 2.24. The van der Waals surface area contributed by atoms with E-state index in [1.807, 2.05) is 31.2 Å². The second-order valence-electron chi connectivity index (χ2n) is 6.46. The van der Waals surface area contributed by atoms with Gasteiger partial charge in [0.05, 0.1) is 6.10 Å². The number of aliphatic hydroxyl groups is 1. The summed E-state index contributed by atoms with van der Waals surface area (Å²) in [6.07, 6.45) is -0.405. The summed E-state index contributed by atoms with van der Waals surface area (Å²) in [5.74, 6) is 1.92. The minimum absolute atomic E-state index is 0.0529. The lowest BCUT2D eigenvalue weighted by Gasteiger charge is -2.14. The third kappa shape index (κ3) is 5.21. The molecule has 1 aliphatic heterocycles. The van der Waals surface area contributed by atoms with Gasteiger partial charge >= 0.3 is 0 Å². The summed E-state index contributed by atoms with van der Waals surface area (Å²) in [7, 11) is 0. The van der Waals surface area contributed by atoms with Crippen LogP contribution in [0, 0.1) is 12.8 Å². The molecule has 0 spiro atoms. The van der Waals surface area contributed by atoms with E-state index in [1.54, 1.807) is 24.3 Å².